The van der Waals surface area contributed by atoms with Crippen molar-refractivity contribution in [1.82, 2.24) is 5.32 Å². The van der Waals surface area contributed by atoms with Gasteiger partial charge in [0.05, 0.1) is 5.60 Å². The van der Waals surface area contributed by atoms with Gasteiger partial charge in [-0.2, -0.15) is 0 Å². The van der Waals surface area contributed by atoms with Gasteiger partial charge < -0.3 is 15.2 Å². The largest absolute Gasteiger partial charge is 0.384 e. The first-order valence-electron chi connectivity index (χ1n) is 6.43. The van der Waals surface area contributed by atoms with Gasteiger partial charge in [0, 0.05) is 24.8 Å². The van der Waals surface area contributed by atoms with Gasteiger partial charge in [-0.1, -0.05) is 17.9 Å². The lowest BCUT2D eigenvalue weighted by molar-refractivity contribution is 0.0229. The fraction of sp³-hybridized carbons (Fsp3) is 0.438. The van der Waals surface area contributed by atoms with Crippen LogP contribution in [-0.4, -0.2) is 36.9 Å². The van der Waals surface area contributed by atoms with Crippen LogP contribution in [0.4, 0.5) is 0 Å². The fourth-order valence-electron chi connectivity index (χ4n) is 1.50. The summed E-state index contributed by atoms with van der Waals surface area (Å²) < 4.78 is 5.26. The van der Waals surface area contributed by atoms with Gasteiger partial charge in [-0.25, -0.2) is 0 Å². The van der Waals surface area contributed by atoms with E-state index in [-0.39, 0.29) is 12.5 Å². The summed E-state index contributed by atoms with van der Waals surface area (Å²) in [6.07, 6.45) is 0. The average molecular weight is 275 g/mol. The number of hydrogen-bond acceptors (Lipinski definition) is 3. The maximum atomic E-state index is 12.1. The number of carbonyl (C=O) groups excluding carboxylic acids is 1. The Kier molecular flexibility index (Phi) is 5.75. The van der Waals surface area contributed by atoms with Gasteiger partial charge in [-0.05, 0) is 38.5 Å². The molecular formula is C16H21NO3. The standard InChI is InChI=1S/C16H21NO3/c1-12-7-8-14(10-13(12)6-5-9-18)15(19)17-11-16(2,3)20-4/h7-8,10,18H,9,11H2,1-4H3,(H,17,19). The Balaban J connectivity index is 2.84. The van der Waals surface area contributed by atoms with Gasteiger partial charge in [-0.15, -0.1) is 0 Å². The van der Waals surface area contributed by atoms with E-state index >= 15 is 0 Å². The molecule has 0 aliphatic rings. The molecule has 0 unspecified atom stereocenters. The van der Waals surface area contributed by atoms with Crippen molar-refractivity contribution < 1.29 is 14.6 Å². The Morgan fingerprint density at radius 3 is 2.75 bits per heavy atom. The maximum Gasteiger partial charge on any atom is 0.251 e. The highest BCUT2D eigenvalue weighted by molar-refractivity contribution is 5.94. The van der Waals surface area contributed by atoms with Crippen LogP contribution in [0.15, 0.2) is 18.2 Å². The number of methoxy groups -OCH3 is 1. The predicted octanol–water partition coefficient (Wildman–Crippen LogP) is 1.49. The molecule has 0 aromatic heterocycles. The van der Waals surface area contributed by atoms with Crippen LogP contribution in [0.25, 0.3) is 0 Å². The average Bonchev–Trinajstić information content (AvgIpc) is 2.44. The topological polar surface area (TPSA) is 58.6 Å². The molecule has 2 N–H and O–H groups in total. The zero-order valence-corrected chi connectivity index (χ0v) is 12.4. The van der Waals surface area contributed by atoms with Crippen molar-refractivity contribution >= 4 is 5.91 Å². The van der Waals surface area contributed by atoms with Gasteiger partial charge in [0.15, 0.2) is 0 Å². The summed E-state index contributed by atoms with van der Waals surface area (Å²) in [5, 5.41) is 11.6. The first-order chi connectivity index (χ1) is 9.39. The zero-order valence-electron chi connectivity index (χ0n) is 12.4. The number of amides is 1. The van der Waals surface area contributed by atoms with Gasteiger partial charge in [0.2, 0.25) is 0 Å². The lowest BCUT2D eigenvalue weighted by Crippen LogP contribution is -2.39. The number of nitrogens with one attached hydrogen (secondary N) is 1. The molecule has 1 amide bonds. The van der Waals surface area contributed by atoms with Gasteiger partial charge in [-0.3, -0.25) is 4.79 Å². The van der Waals surface area contributed by atoms with Crippen molar-refractivity contribution in [3.8, 4) is 11.8 Å². The first kappa shape index (κ1) is 16.2. The molecule has 0 fully saturated rings. The normalized spacial score (nSPS) is 10.7. The molecule has 1 rings (SSSR count). The Labute approximate surface area is 120 Å². The van der Waals surface area contributed by atoms with Crippen LogP contribution < -0.4 is 5.32 Å². The molecule has 0 spiro atoms. The minimum absolute atomic E-state index is 0.165. The van der Waals surface area contributed by atoms with E-state index in [1.165, 1.54) is 0 Å². The van der Waals surface area contributed by atoms with Crippen LogP contribution in [0.3, 0.4) is 0 Å². The number of hydrogen-bond donors (Lipinski definition) is 2. The van der Waals surface area contributed by atoms with Crippen molar-refractivity contribution in [2.45, 2.75) is 26.4 Å². The predicted molar refractivity (Wildman–Crippen MR) is 78.6 cm³/mol. The van der Waals surface area contributed by atoms with Crippen molar-refractivity contribution in [2.24, 2.45) is 0 Å². The molecule has 20 heavy (non-hydrogen) atoms. The van der Waals surface area contributed by atoms with Crippen molar-refractivity contribution in [1.29, 1.82) is 0 Å². The van der Waals surface area contributed by atoms with Crippen LogP contribution in [0.5, 0.6) is 0 Å². The maximum absolute atomic E-state index is 12.1. The van der Waals surface area contributed by atoms with E-state index in [4.69, 9.17) is 9.84 Å². The van der Waals surface area contributed by atoms with Crippen LogP contribution in [0, 0.1) is 18.8 Å². The Bertz CT molecular complexity index is 538. The second kappa shape index (κ2) is 7.09. The summed E-state index contributed by atoms with van der Waals surface area (Å²) in [7, 11) is 1.61. The summed E-state index contributed by atoms with van der Waals surface area (Å²) in [6, 6.07) is 5.33. The summed E-state index contributed by atoms with van der Waals surface area (Å²) >= 11 is 0. The number of aryl methyl sites for hydroxylation is 1. The Morgan fingerprint density at radius 1 is 1.45 bits per heavy atom. The van der Waals surface area contributed by atoms with Crippen molar-refractivity contribution in [3.63, 3.8) is 0 Å². The Morgan fingerprint density at radius 2 is 2.15 bits per heavy atom. The molecule has 0 aliphatic heterocycles. The number of ether oxygens (including phenoxy) is 1. The molecule has 108 valence electrons. The number of rotatable bonds is 4. The quantitative estimate of drug-likeness (QED) is 0.819. The Hall–Kier alpha value is -1.83. The van der Waals surface area contributed by atoms with E-state index in [0.29, 0.717) is 12.1 Å². The number of benzene rings is 1. The SMILES string of the molecule is COC(C)(C)CNC(=O)c1ccc(C)c(C#CCO)c1. The molecule has 0 saturated heterocycles. The highest BCUT2D eigenvalue weighted by Crippen LogP contribution is 2.11. The molecule has 4 nitrogen and oxygen atoms in total. The first-order valence-corrected chi connectivity index (χ1v) is 6.43. The number of aliphatic hydroxyl groups is 1. The lowest BCUT2D eigenvalue weighted by atomic mass is 10.0. The second-order valence-electron chi connectivity index (χ2n) is 5.14. The third-order valence-electron chi connectivity index (χ3n) is 3.03. The molecular weight excluding hydrogens is 254 g/mol. The number of carbonyl (C=O) groups is 1. The smallest absolute Gasteiger partial charge is 0.251 e. The van der Waals surface area contributed by atoms with Crippen molar-refractivity contribution in [3.05, 3.63) is 34.9 Å². The zero-order chi connectivity index (χ0) is 15.2. The third kappa shape index (κ3) is 4.69. The highest BCUT2D eigenvalue weighted by Gasteiger charge is 2.18. The van der Waals surface area contributed by atoms with E-state index in [1.54, 1.807) is 19.2 Å². The summed E-state index contributed by atoms with van der Waals surface area (Å²) in [4.78, 5) is 12.1. The molecule has 0 saturated carbocycles. The molecule has 0 heterocycles. The van der Waals surface area contributed by atoms with E-state index in [0.717, 1.165) is 11.1 Å². The van der Waals surface area contributed by atoms with Gasteiger partial charge in [0.25, 0.3) is 5.91 Å². The molecule has 0 aliphatic carbocycles. The molecule has 0 bridgehead atoms. The van der Waals surface area contributed by atoms with Gasteiger partial charge >= 0.3 is 0 Å². The summed E-state index contributed by atoms with van der Waals surface area (Å²) in [6.45, 7) is 5.95. The van der Waals surface area contributed by atoms with Crippen LogP contribution in [0.2, 0.25) is 0 Å². The minimum atomic E-state index is -0.403. The highest BCUT2D eigenvalue weighted by atomic mass is 16.5. The fourth-order valence-corrected chi connectivity index (χ4v) is 1.50. The second-order valence-corrected chi connectivity index (χ2v) is 5.14. The lowest BCUT2D eigenvalue weighted by Gasteiger charge is -2.23. The van der Waals surface area contributed by atoms with E-state index < -0.39 is 5.60 Å². The molecule has 1 aromatic carbocycles. The van der Waals surface area contributed by atoms with Crippen LogP contribution >= 0.6 is 0 Å². The van der Waals surface area contributed by atoms with Crippen LogP contribution in [-0.2, 0) is 4.74 Å². The monoisotopic (exact) mass is 275 g/mol. The van der Waals surface area contributed by atoms with Gasteiger partial charge in [0.1, 0.15) is 6.61 Å². The van der Waals surface area contributed by atoms with E-state index in [9.17, 15) is 4.79 Å². The summed E-state index contributed by atoms with van der Waals surface area (Å²) in [5.41, 5.74) is 1.86. The van der Waals surface area contributed by atoms with E-state index in [2.05, 4.69) is 17.2 Å². The molecule has 0 radical (unpaired) electrons. The van der Waals surface area contributed by atoms with E-state index in [1.807, 2.05) is 26.8 Å². The third-order valence-corrected chi connectivity index (χ3v) is 3.03. The van der Waals surface area contributed by atoms with Crippen molar-refractivity contribution in [2.75, 3.05) is 20.3 Å². The minimum Gasteiger partial charge on any atom is -0.384 e. The van der Waals surface area contributed by atoms with Crippen LogP contribution in [0.1, 0.15) is 35.3 Å². The molecule has 0 atom stereocenters. The summed E-state index contributed by atoms with van der Waals surface area (Å²) in [5.74, 6) is 5.26. The number of aliphatic hydroxyl groups excluding tert-OH is 1. The molecule has 4 heteroatoms. The molecule has 1 aromatic rings.